The summed E-state index contributed by atoms with van der Waals surface area (Å²) in [5, 5.41) is 0.848. The highest BCUT2D eigenvalue weighted by atomic mass is 32.2. The third kappa shape index (κ3) is 5.93. The smallest absolute Gasteiger partial charge is 0.187 e. The molecule has 0 N–H and O–H groups in total. The van der Waals surface area contributed by atoms with Crippen LogP contribution in [0.25, 0.3) is 0 Å². The van der Waals surface area contributed by atoms with Gasteiger partial charge >= 0.3 is 0 Å². The summed E-state index contributed by atoms with van der Waals surface area (Å²) in [5.41, 5.74) is 3.78. The molecule has 0 aliphatic heterocycles. The van der Waals surface area contributed by atoms with Crippen molar-refractivity contribution < 1.29 is 0 Å². The Morgan fingerprint density at radius 2 is 1.54 bits per heavy atom. The lowest BCUT2D eigenvalue weighted by Gasteiger charge is -2.22. The van der Waals surface area contributed by atoms with Crippen LogP contribution in [0.1, 0.15) is 23.6 Å². The quantitative estimate of drug-likeness (QED) is 0.420. The van der Waals surface area contributed by atoms with Gasteiger partial charge in [-0.1, -0.05) is 49.0 Å². The minimum Gasteiger partial charge on any atom is -0.294 e. The molecule has 0 aliphatic rings. The number of aromatic nitrogens is 3. The second-order valence-corrected chi connectivity index (χ2v) is 7.34. The van der Waals surface area contributed by atoms with Crippen LogP contribution < -0.4 is 0 Å². The standard InChI is InChI=1S/C21H24N4S/c1-2-26-21-23-14-20(15-24-21)17-25(16-19-8-11-22-12-9-19)13-10-18-6-4-3-5-7-18/h3-9,11-12,14-15H,2,10,13,16-17H2,1H3. The van der Waals surface area contributed by atoms with E-state index in [1.807, 2.05) is 24.8 Å². The zero-order valence-corrected chi connectivity index (χ0v) is 15.9. The third-order valence-corrected chi connectivity index (χ3v) is 4.83. The van der Waals surface area contributed by atoms with Crippen LogP contribution in [0.2, 0.25) is 0 Å². The van der Waals surface area contributed by atoms with E-state index in [0.717, 1.165) is 42.5 Å². The van der Waals surface area contributed by atoms with Gasteiger partial charge in [-0.05, 0) is 35.4 Å². The molecule has 0 unspecified atom stereocenters. The lowest BCUT2D eigenvalue weighted by Crippen LogP contribution is -2.25. The summed E-state index contributed by atoms with van der Waals surface area (Å²) in [5.74, 6) is 0.991. The molecule has 2 aromatic heterocycles. The summed E-state index contributed by atoms with van der Waals surface area (Å²) in [6, 6.07) is 14.8. The molecule has 2 heterocycles. The zero-order valence-electron chi connectivity index (χ0n) is 15.1. The van der Waals surface area contributed by atoms with Gasteiger partial charge in [-0.3, -0.25) is 9.88 Å². The predicted molar refractivity (Wildman–Crippen MR) is 107 cm³/mol. The van der Waals surface area contributed by atoms with Crippen molar-refractivity contribution in [3.05, 3.63) is 83.9 Å². The van der Waals surface area contributed by atoms with Crippen LogP contribution in [0.5, 0.6) is 0 Å². The Morgan fingerprint density at radius 3 is 2.23 bits per heavy atom. The lowest BCUT2D eigenvalue weighted by atomic mass is 10.1. The molecule has 0 aliphatic carbocycles. The van der Waals surface area contributed by atoms with E-state index in [0.29, 0.717) is 0 Å². The van der Waals surface area contributed by atoms with E-state index in [-0.39, 0.29) is 0 Å². The summed E-state index contributed by atoms with van der Waals surface area (Å²) in [6.45, 7) is 4.83. The Kier molecular flexibility index (Phi) is 7.16. The first-order valence-electron chi connectivity index (χ1n) is 8.92. The van der Waals surface area contributed by atoms with Gasteiger partial charge in [0.05, 0.1) is 0 Å². The van der Waals surface area contributed by atoms with Crippen molar-refractivity contribution >= 4 is 11.8 Å². The molecule has 134 valence electrons. The highest BCUT2D eigenvalue weighted by molar-refractivity contribution is 7.99. The number of hydrogen-bond acceptors (Lipinski definition) is 5. The van der Waals surface area contributed by atoms with E-state index in [1.54, 1.807) is 11.8 Å². The first-order valence-corrected chi connectivity index (χ1v) is 9.91. The van der Waals surface area contributed by atoms with Gasteiger partial charge in [-0.2, -0.15) is 0 Å². The molecule has 3 rings (SSSR count). The number of nitrogens with zero attached hydrogens (tertiary/aromatic N) is 4. The maximum atomic E-state index is 4.46. The Labute approximate surface area is 159 Å². The molecule has 0 bridgehead atoms. The van der Waals surface area contributed by atoms with Gasteiger partial charge in [0.2, 0.25) is 0 Å². The molecule has 0 saturated carbocycles. The van der Waals surface area contributed by atoms with E-state index < -0.39 is 0 Å². The minimum absolute atomic E-state index is 0.840. The fraction of sp³-hybridized carbons (Fsp3) is 0.286. The van der Waals surface area contributed by atoms with Gasteiger partial charge in [-0.25, -0.2) is 9.97 Å². The van der Waals surface area contributed by atoms with Crippen molar-refractivity contribution in [2.24, 2.45) is 0 Å². The van der Waals surface area contributed by atoms with Crippen LogP contribution in [0.4, 0.5) is 0 Å². The maximum Gasteiger partial charge on any atom is 0.187 e. The fourth-order valence-corrected chi connectivity index (χ4v) is 3.29. The molecule has 0 atom stereocenters. The van der Waals surface area contributed by atoms with Gasteiger partial charge in [-0.15, -0.1) is 0 Å². The largest absolute Gasteiger partial charge is 0.294 e. The molecular weight excluding hydrogens is 340 g/mol. The van der Waals surface area contributed by atoms with E-state index in [2.05, 4.69) is 69.2 Å². The van der Waals surface area contributed by atoms with Gasteiger partial charge in [0, 0.05) is 50.0 Å². The Balaban J connectivity index is 1.67. The summed E-state index contributed by atoms with van der Waals surface area (Å²) >= 11 is 1.67. The molecule has 26 heavy (non-hydrogen) atoms. The lowest BCUT2D eigenvalue weighted by molar-refractivity contribution is 0.259. The number of hydrogen-bond donors (Lipinski definition) is 0. The molecular formula is C21H24N4S. The second kappa shape index (κ2) is 10.0. The number of benzene rings is 1. The van der Waals surface area contributed by atoms with Gasteiger partial charge < -0.3 is 0 Å². The van der Waals surface area contributed by atoms with E-state index in [1.165, 1.54) is 11.1 Å². The third-order valence-electron chi connectivity index (χ3n) is 4.08. The SMILES string of the molecule is CCSc1ncc(CN(CCc2ccccc2)Cc2ccncc2)cn1. The summed E-state index contributed by atoms with van der Waals surface area (Å²) < 4.78 is 0. The van der Waals surface area contributed by atoms with Crippen LogP contribution in [0.15, 0.2) is 72.4 Å². The van der Waals surface area contributed by atoms with Crippen LogP contribution in [-0.2, 0) is 19.5 Å². The van der Waals surface area contributed by atoms with Crippen LogP contribution in [0.3, 0.4) is 0 Å². The molecule has 0 amide bonds. The molecule has 0 spiro atoms. The molecule has 0 saturated heterocycles. The average molecular weight is 365 g/mol. The summed E-state index contributed by atoms with van der Waals surface area (Å²) in [7, 11) is 0. The molecule has 0 radical (unpaired) electrons. The number of pyridine rings is 1. The fourth-order valence-electron chi connectivity index (χ4n) is 2.78. The number of thioether (sulfide) groups is 1. The minimum atomic E-state index is 0.840. The summed E-state index contributed by atoms with van der Waals surface area (Å²) in [4.78, 5) is 15.5. The maximum absolute atomic E-state index is 4.46. The molecule has 3 aromatic rings. The normalized spacial score (nSPS) is 11.0. The van der Waals surface area contributed by atoms with Crippen LogP contribution >= 0.6 is 11.8 Å². The van der Waals surface area contributed by atoms with Crippen molar-refractivity contribution in [3.63, 3.8) is 0 Å². The Bertz CT molecular complexity index is 763. The van der Waals surface area contributed by atoms with E-state index in [4.69, 9.17) is 0 Å². The highest BCUT2D eigenvalue weighted by Gasteiger charge is 2.09. The Morgan fingerprint density at radius 1 is 0.846 bits per heavy atom. The molecule has 1 aromatic carbocycles. The van der Waals surface area contributed by atoms with Crippen molar-refractivity contribution in [1.82, 2.24) is 19.9 Å². The van der Waals surface area contributed by atoms with Crippen LogP contribution in [0, 0.1) is 0 Å². The van der Waals surface area contributed by atoms with Crippen molar-refractivity contribution in [1.29, 1.82) is 0 Å². The predicted octanol–water partition coefficient (Wildman–Crippen LogP) is 4.23. The van der Waals surface area contributed by atoms with E-state index >= 15 is 0 Å². The first kappa shape index (κ1) is 18.5. The highest BCUT2D eigenvalue weighted by Crippen LogP contribution is 2.14. The van der Waals surface area contributed by atoms with E-state index in [9.17, 15) is 0 Å². The second-order valence-electron chi connectivity index (χ2n) is 6.11. The van der Waals surface area contributed by atoms with Crippen molar-refractivity contribution in [3.8, 4) is 0 Å². The Hall–Kier alpha value is -2.24. The van der Waals surface area contributed by atoms with Crippen molar-refractivity contribution in [2.45, 2.75) is 31.6 Å². The van der Waals surface area contributed by atoms with Crippen LogP contribution in [-0.4, -0.2) is 32.1 Å². The van der Waals surface area contributed by atoms with Gasteiger partial charge in [0.25, 0.3) is 0 Å². The van der Waals surface area contributed by atoms with Gasteiger partial charge in [0.1, 0.15) is 0 Å². The summed E-state index contributed by atoms with van der Waals surface area (Å²) in [6.07, 6.45) is 8.63. The molecule has 0 fully saturated rings. The molecule has 4 nitrogen and oxygen atoms in total. The molecule has 5 heteroatoms. The first-order chi connectivity index (χ1) is 12.8. The van der Waals surface area contributed by atoms with Crippen molar-refractivity contribution in [2.75, 3.05) is 12.3 Å². The monoisotopic (exact) mass is 364 g/mol. The number of rotatable bonds is 9. The van der Waals surface area contributed by atoms with Gasteiger partial charge in [0.15, 0.2) is 5.16 Å². The average Bonchev–Trinajstić information content (AvgIpc) is 2.69. The zero-order chi connectivity index (χ0) is 18.0. The topological polar surface area (TPSA) is 41.9 Å².